The molecule has 0 aromatic heterocycles. The third-order valence-electron chi connectivity index (χ3n) is 3.17. The fraction of sp³-hybridized carbons (Fsp3) is 0.533. The van der Waals surface area contributed by atoms with Gasteiger partial charge in [-0.15, -0.1) is 0 Å². The molecule has 0 unspecified atom stereocenters. The molecule has 1 aromatic carbocycles. The van der Waals surface area contributed by atoms with Crippen molar-refractivity contribution < 1.29 is 9.53 Å². The summed E-state index contributed by atoms with van der Waals surface area (Å²) in [6.07, 6.45) is 2.35. The van der Waals surface area contributed by atoms with E-state index >= 15 is 0 Å². The Bertz CT molecular complexity index is 470. The second-order valence-electron chi connectivity index (χ2n) is 5.48. The van der Waals surface area contributed by atoms with Crippen molar-refractivity contribution in [1.29, 1.82) is 0 Å². The van der Waals surface area contributed by atoms with E-state index < -0.39 is 0 Å². The van der Waals surface area contributed by atoms with Crippen molar-refractivity contribution in [1.82, 2.24) is 10.2 Å². The Hall–Kier alpha value is -1.59. The van der Waals surface area contributed by atoms with Gasteiger partial charge in [0.15, 0.2) is 0 Å². The van der Waals surface area contributed by atoms with Gasteiger partial charge in [0.25, 0.3) is 0 Å². The number of nitrogens with zero attached hydrogens (tertiary/aromatic N) is 1. The lowest BCUT2D eigenvalue weighted by Crippen LogP contribution is -2.29. The molecule has 20 heavy (non-hydrogen) atoms. The molecular weight excluding hydrogens is 254 g/mol. The fourth-order valence-corrected chi connectivity index (χ4v) is 2.04. The molecule has 1 amide bonds. The van der Waals surface area contributed by atoms with Crippen molar-refractivity contribution in [2.45, 2.75) is 25.4 Å². The SMILES string of the molecule is COc1ccc(CN(C)C)cc1NC(=O)CNC1CC1. The van der Waals surface area contributed by atoms with Crippen LogP contribution in [0.15, 0.2) is 18.2 Å². The number of anilines is 1. The maximum absolute atomic E-state index is 11.9. The van der Waals surface area contributed by atoms with Gasteiger partial charge in [-0.2, -0.15) is 0 Å². The second-order valence-corrected chi connectivity index (χ2v) is 5.48. The first kappa shape index (κ1) is 14.8. The van der Waals surface area contributed by atoms with Gasteiger partial charge < -0.3 is 20.3 Å². The summed E-state index contributed by atoms with van der Waals surface area (Å²) >= 11 is 0. The summed E-state index contributed by atoms with van der Waals surface area (Å²) in [7, 11) is 5.64. The maximum atomic E-state index is 11.9. The maximum Gasteiger partial charge on any atom is 0.238 e. The first-order chi connectivity index (χ1) is 9.58. The summed E-state index contributed by atoms with van der Waals surface area (Å²) in [6.45, 7) is 1.18. The van der Waals surface area contributed by atoms with E-state index in [1.54, 1.807) is 7.11 Å². The Morgan fingerprint density at radius 3 is 2.75 bits per heavy atom. The molecule has 5 nitrogen and oxygen atoms in total. The van der Waals surface area contributed by atoms with Gasteiger partial charge in [-0.3, -0.25) is 4.79 Å². The van der Waals surface area contributed by atoms with Crippen molar-refractivity contribution in [3.05, 3.63) is 23.8 Å². The van der Waals surface area contributed by atoms with Gasteiger partial charge in [0.1, 0.15) is 5.75 Å². The molecule has 0 atom stereocenters. The summed E-state index contributed by atoms with van der Waals surface area (Å²) in [4.78, 5) is 14.0. The molecule has 0 spiro atoms. The largest absolute Gasteiger partial charge is 0.495 e. The van der Waals surface area contributed by atoms with Crippen LogP contribution in [0.4, 0.5) is 5.69 Å². The summed E-state index contributed by atoms with van der Waals surface area (Å²) in [6, 6.07) is 6.40. The first-order valence-corrected chi connectivity index (χ1v) is 6.93. The van der Waals surface area contributed by atoms with Crippen molar-refractivity contribution in [2.75, 3.05) is 33.1 Å². The zero-order valence-electron chi connectivity index (χ0n) is 12.4. The highest BCUT2D eigenvalue weighted by molar-refractivity contribution is 5.93. The van der Waals surface area contributed by atoms with Crippen LogP contribution >= 0.6 is 0 Å². The summed E-state index contributed by atoms with van der Waals surface area (Å²) < 4.78 is 5.30. The van der Waals surface area contributed by atoms with E-state index in [0.717, 1.165) is 17.8 Å². The van der Waals surface area contributed by atoms with Gasteiger partial charge in [0.05, 0.1) is 19.3 Å². The number of amides is 1. The van der Waals surface area contributed by atoms with Crippen LogP contribution < -0.4 is 15.4 Å². The summed E-state index contributed by atoms with van der Waals surface area (Å²) in [5.74, 6) is 0.657. The van der Waals surface area contributed by atoms with Gasteiger partial charge in [0, 0.05) is 12.6 Å². The zero-order chi connectivity index (χ0) is 14.5. The molecule has 0 bridgehead atoms. The van der Waals surface area contributed by atoms with Gasteiger partial charge >= 0.3 is 0 Å². The Balaban J connectivity index is 2.00. The molecule has 1 aromatic rings. The number of carbonyl (C=O) groups is 1. The van der Waals surface area contributed by atoms with Crippen LogP contribution in [0.2, 0.25) is 0 Å². The Kier molecular flexibility index (Phi) is 4.98. The van der Waals surface area contributed by atoms with E-state index in [1.165, 1.54) is 12.8 Å². The number of rotatable bonds is 7. The van der Waals surface area contributed by atoms with Crippen LogP contribution in [0.25, 0.3) is 0 Å². The average molecular weight is 277 g/mol. The molecular formula is C15H23N3O2. The highest BCUT2D eigenvalue weighted by atomic mass is 16.5. The molecule has 2 N–H and O–H groups in total. The normalized spacial score (nSPS) is 14.4. The van der Waals surface area contributed by atoms with Crippen molar-refractivity contribution >= 4 is 11.6 Å². The zero-order valence-corrected chi connectivity index (χ0v) is 12.4. The standard InChI is InChI=1S/C15H23N3O2/c1-18(2)10-11-4-7-14(20-3)13(8-11)17-15(19)9-16-12-5-6-12/h4,7-8,12,16H,5-6,9-10H2,1-3H3,(H,17,19). The Labute approximate surface area is 120 Å². The number of nitrogens with one attached hydrogen (secondary N) is 2. The lowest BCUT2D eigenvalue weighted by Gasteiger charge is -2.14. The minimum absolute atomic E-state index is 0.0304. The van der Waals surface area contributed by atoms with Gasteiger partial charge in [-0.1, -0.05) is 6.07 Å². The second kappa shape index (κ2) is 6.72. The fourth-order valence-electron chi connectivity index (χ4n) is 2.04. The third-order valence-corrected chi connectivity index (χ3v) is 3.17. The quantitative estimate of drug-likeness (QED) is 0.792. The molecule has 0 aliphatic heterocycles. The van der Waals surface area contributed by atoms with E-state index in [2.05, 4.69) is 15.5 Å². The van der Waals surface area contributed by atoms with Gasteiger partial charge in [-0.05, 0) is 44.6 Å². The average Bonchev–Trinajstić information content (AvgIpc) is 3.20. The number of benzene rings is 1. The van der Waals surface area contributed by atoms with Crippen LogP contribution in [0.5, 0.6) is 5.75 Å². The number of methoxy groups -OCH3 is 1. The summed E-state index contributed by atoms with van der Waals surface area (Å²) in [5.41, 5.74) is 1.87. The van der Waals surface area contributed by atoms with E-state index in [-0.39, 0.29) is 5.91 Å². The smallest absolute Gasteiger partial charge is 0.238 e. The van der Waals surface area contributed by atoms with Crippen LogP contribution in [0, 0.1) is 0 Å². The molecule has 1 aliphatic rings. The molecule has 1 fully saturated rings. The van der Waals surface area contributed by atoms with E-state index in [0.29, 0.717) is 18.3 Å². The number of hydrogen-bond acceptors (Lipinski definition) is 4. The van der Waals surface area contributed by atoms with E-state index in [9.17, 15) is 4.79 Å². The Morgan fingerprint density at radius 1 is 1.40 bits per heavy atom. The molecule has 110 valence electrons. The lowest BCUT2D eigenvalue weighted by molar-refractivity contribution is -0.115. The minimum Gasteiger partial charge on any atom is -0.495 e. The Morgan fingerprint density at radius 2 is 2.15 bits per heavy atom. The monoisotopic (exact) mass is 277 g/mol. The molecule has 2 rings (SSSR count). The summed E-state index contributed by atoms with van der Waals surface area (Å²) in [5, 5.41) is 6.11. The van der Waals surface area contributed by atoms with Gasteiger partial charge in [0.2, 0.25) is 5.91 Å². The highest BCUT2D eigenvalue weighted by Gasteiger charge is 2.21. The predicted molar refractivity (Wildman–Crippen MR) is 80.0 cm³/mol. The molecule has 0 heterocycles. The van der Waals surface area contributed by atoms with Crippen LogP contribution in [0.3, 0.4) is 0 Å². The molecule has 0 radical (unpaired) electrons. The third kappa shape index (κ3) is 4.51. The molecule has 5 heteroatoms. The van der Waals surface area contributed by atoms with Crippen molar-refractivity contribution in [2.24, 2.45) is 0 Å². The van der Waals surface area contributed by atoms with Crippen molar-refractivity contribution in [3.8, 4) is 5.75 Å². The number of ether oxygens (including phenoxy) is 1. The topological polar surface area (TPSA) is 53.6 Å². The van der Waals surface area contributed by atoms with Crippen molar-refractivity contribution in [3.63, 3.8) is 0 Å². The highest BCUT2D eigenvalue weighted by Crippen LogP contribution is 2.26. The lowest BCUT2D eigenvalue weighted by atomic mass is 10.1. The van der Waals surface area contributed by atoms with Crippen LogP contribution in [-0.4, -0.2) is 44.6 Å². The number of carbonyl (C=O) groups excluding carboxylic acids is 1. The predicted octanol–water partition coefficient (Wildman–Crippen LogP) is 1.45. The molecule has 0 saturated heterocycles. The van der Waals surface area contributed by atoms with Gasteiger partial charge in [-0.25, -0.2) is 0 Å². The van der Waals surface area contributed by atoms with Crippen LogP contribution in [0.1, 0.15) is 18.4 Å². The van der Waals surface area contributed by atoms with E-state index in [1.807, 2.05) is 32.3 Å². The van der Waals surface area contributed by atoms with E-state index in [4.69, 9.17) is 4.74 Å². The molecule has 1 saturated carbocycles. The first-order valence-electron chi connectivity index (χ1n) is 6.93. The minimum atomic E-state index is -0.0304. The van der Waals surface area contributed by atoms with Crippen LogP contribution in [-0.2, 0) is 11.3 Å². The number of hydrogen-bond donors (Lipinski definition) is 2. The molecule has 1 aliphatic carbocycles.